The van der Waals surface area contributed by atoms with Gasteiger partial charge >= 0.3 is 17.9 Å². The van der Waals surface area contributed by atoms with E-state index in [1.807, 2.05) is 0 Å². The number of esters is 1. The number of hydrogen-bond acceptors (Lipinski definition) is 8. The Morgan fingerprint density at radius 3 is 1.21 bits per heavy atom. The van der Waals surface area contributed by atoms with Gasteiger partial charge in [-0.2, -0.15) is 0 Å². The summed E-state index contributed by atoms with van der Waals surface area (Å²) in [7, 11) is 1.38. The molecule has 0 aromatic heterocycles. The number of carboxylic acids is 2. The quantitative estimate of drug-likeness (QED) is 0.214. The minimum Gasteiger partial charge on any atom is -0.481 e. The maximum absolute atomic E-state index is 11.0. The Kier molecular flexibility index (Phi) is 66.5. The normalized spacial score (nSPS) is 7.59. The summed E-state index contributed by atoms with van der Waals surface area (Å²) in [4.78, 5) is 63.3. The van der Waals surface area contributed by atoms with E-state index in [0.717, 1.165) is 0 Å². The van der Waals surface area contributed by atoms with Crippen molar-refractivity contribution in [1.82, 2.24) is 0 Å². The molecule has 0 spiro atoms. The van der Waals surface area contributed by atoms with Crippen molar-refractivity contribution in [1.29, 1.82) is 0 Å². The molecule has 0 amide bonds. The summed E-state index contributed by atoms with van der Waals surface area (Å²) in [5, 5.41) is 16.5. The number of methoxy groups -OCH3 is 1. The molecule has 0 unspecified atom stereocenters. The molecule has 0 rings (SSSR count). The van der Waals surface area contributed by atoms with E-state index in [1.165, 1.54) is 14.0 Å². The number of aliphatic carboxylic acids is 2. The van der Waals surface area contributed by atoms with Crippen LogP contribution in [0.25, 0.3) is 0 Å². The van der Waals surface area contributed by atoms with Crippen molar-refractivity contribution in [2.45, 2.75) is 103 Å². The molecule has 1 radical (unpaired) electrons. The van der Waals surface area contributed by atoms with E-state index in [-0.39, 0.29) is 153 Å². The fraction of sp³-hybridized carbons (Fsp3) is 0.739. The van der Waals surface area contributed by atoms with Crippen LogP contribution in [0.1, 0.15) is 103 Å². The van der Waals surface area contributed by atoms with Gasteiger partial charge in [-0.3, -0.25) is 24.0 Å². The van der Waals surface area contributed by atoms with E-state index in [9.17, 15) is 28.8 Å². The predicted octanol–water partition coefficient (Wildman–Crippen LogP) is 4.95. The van der Waals surface area contributed by atoms with Gasteiger partial charge in [0, 0.05) is 71.9 Å². The van der Waals surface area contributed by atoms with Gasteiger partial charge in [0.15, 0.2) is 6.79 Å². The topological polar surface area (TPSA) is 161 Å². The fourth-order valence-electron chi connectivity index (χ4n) is 1.50. The van der Waals surface area contributed by atoms with E-state index in [4.69, 9.17) is 10.2 Å². The number of rotatable bonds is 14. The van der Waals surface area contributed by atoms with Crippen molar-refractivity contribution >= 4 is 35.3 Å². The summed E-state index contributed by atoms with van der Waals surface area (Å²) < 4.78 is 9.03. The second-order valence-electron chi connectivity index (χ2n) is 5.49. The van der Waals surface area contributed by atoms with Crippen LogP contribution in [0.2, 0.25) is 0 Å². The molecular weight excluding hydrogens is 525 g/mol. The van der Waals surface area contributed by atoms with Crippen LogP contribution in [0.15, 0.2) is 0 Å². The Labute approximate surface area is 232 Å². The average molecular weight is 576 g/mol. The van der Waals surface area contributed by atoms with Gasteiger partial charge in [0.2, 0.25) is 0 Å². The number of hydrogen-bond donors (Lipinski definition) is 2. The van der Waals surface area contributed by atoms with Crippen LogP contribution < -0.4 is 0 Å². The third-order valence-electron chi connectivity index (χ3n) is 2.94. The summed E-state index contributed by atoms with van der Waals surface area (Å²) in [6.45, 7) is 1.27. The van der Waals surface area contributed by atoms with Crippen LogP contribution in [-0.4, -0.2) is 59.4 Å². The number of carbonyl (C=O) groups is 6. The average Bonchev–Trinajstić information content (AvgIpc) is 2.59. The largest absolute Gasteiger partial charge is 0.481 e. The van der Waals surface area contributed by atoms with E-state index >= 15 is 0 Å². The molecular formula is C23H50O10Y. The Bertz CT molecular complexity index is 514. The molecule has 2 N–H and O–H groups in total. The molecule has 0 aromatic rings. The summed E-state index contributed by atoms with van der Waals surface area (Å²) in [5.41, 5.74) is 0. The monoisotopic (exact) mass is 575 g/mol. The first-order chi connectivity index (χ1) is 12.6. The third kappa shape index (κ3) is 52.4. The molecule has 0 heterocycles. The van der Waals surface area contributed by atoms with Crippen LogP contribution in [0, 0.1) is 0 Å². The van der Waals surface area contributed by atoms with E-state index in [1.54, 1.807) is 0 Å². The van der Waals surface area contributed by atoms with Crippen molar-refractivity contribution in [3.63, 3.8) is 0 Å². The molecule has 0 saturated heterocycles. The van der Waals surface area contributed by atoms with Crippen LogP contribution >= 0.6 is 0 Å². The number of ether oxygens (including phenoxy) is 2. The maximum Gasteiger partial charge on any atom is 0.308 e. The standard InChI is InChI=1S/C9H14O6.C8H12O4.6CH4.Y/c1-14-6-15-9(13)5-3-7(10)2-4-8(11)12;1-6(9)2-3-7(10)4-5-8(11)12;;;;;;;/h2-6H2,1H3,(H,11,12);2-5H2,1H3,(H,11,12);6*1H4;. The van der Waals surface area contributed by atoms with Crippen molar-refractivity contribution in [2.75, 3.05) is 13.9 Å². The molecule has 11 heteroatoms. The van der Waals surface area contributed by atoms with Gasteiger partial charge in [-0.25, -0.2) is 0 Å². The molecule has 0 bridgehead atoms. The zero-order valence-corrected chi connectivity index (χ0v) is 18.9. The number of ketones is 3. The fourth-order valence-corrected chi connectivity index (χ4v) is 1.50. The van der Waals surface area contributed by atoms with Gasteiger partial charge in [-0.05, 0) is 6.92 Å². The van der Waals surface area contributed by atoms with Gasteiger partial charge in [0.05, 0.1) is 19.3 Å². The van der Waals surface area contributed by atoms with Crippen LogP contribution in [0.5, 0.6) is 0 Å². The summed E-state index contributed by atoms with van der Waals surface area (Å²) >= 11 is 0. The summed E-state index contributed by atoms with van der Waals surface area (Å²) in [6, 6.07) is 0. The maximum atomic E-state index is 11.0. The minimum atomic E-state index is -1.02. The molecule has 0 fully saturated rings. The Balaban J connectivity index is -0.0000000442. The Morgan fingerprint density at radius 2 is 0.912 bits per heavy atom. The van der Waals surface area contributed by atoms with Crippen molar-refractivity contribution in [3.05, 3.63) is 0 Å². The van der Waals surface area contributed by atoms with Gasteiger partial charge < -0.3 is 24.5 Å². The summed E-state index contributed by atoms with van der Waals surface area (Å²) in [6.07, 6.45) is -0.00308. The summed E-state index contributed by atoms with van der Waals surface area (Å²) in [5.74, 6) is -2.99. The van der Waals surface area contributed by atoms with Crippen LogP contribution in [0.4, 0.5) is 0 Å². The molecule has 10 nitrogen and oxygen atoms in total. The second kappa shape index (κ2) is 38.7. The molecule has 0 atom stereocenters. The number of carboxylic acid groups (broad SMARTS) is 2. The van der Waals surface area contributed by atoms with Crippen LogP contribution in [0.3, 0.4) is 0 Å². The molecule has 0 saturated carbocycles. The van der Waals surface area contributed by atoms with E-state index in [0.29, 0.717) is 0 Å². The van der Waals surface area contributed by atoms with Crippen LogP contribution in [-0.2, 0) is 71.0 Å². The second-order valence-corrected chi connectivity index (χ2v) is 5.49. The predicted molar refractivity (Wildman–Crippen MR) is 131 cm³/mol. The smallest absolute Gasteiger partial charge is 0.308 e. The zero-order valence-electron chi connectivity index (χ0n) is 16.1. The van der Waals surface area contributed by atoms with Gasteiger partial charge in [0.25, 0.3) is 0 Å². The Hall–Kier alpha value is -1.52. The SMILES string of the molecule is C.C.C.C.C.C.CC(=O)CCC(=O)CCC(=O)O.COCOC(=O)CCC(=O)CCC(=O)O.[Y]. The molecule has 205 valence electrons. The van der Waals surface area contributed by atoms with Gasteiger partial charge in [0.1, 0.15) is 17.3 Å². The number of carbonyl (C=O) groups excluding carboxylic acids is 4. The molecule has 0 aromatic carbocycles. The molecule has 0 aliphatic rings. The van der Waals surface area contributed by atoms with E-state index < -0.39 is 17.9 Å². The molecule has 0 aliphatic heterocycles. The van der Waals surface area contributed by atoms with E-state index in [2.05, 4.69) is 9.47 Å². The van der Waals surface area contributed by atoms with Crippen molar-refractivity contribution in [3.8, 4) is 0 Å². The van der Waals surface area contributed by atoms with Gasteiger partial charge in [-0.1, -0.05) is 44.6 Å². The zero-order chi connectivity index (χ0) is 21.2. The molecule has 34 heavy (non-hydrogen) atoms. The first kappa shape index (κ1) is 58.4. The van der Waals surface area contributed by atoms with Crippen molar-refractivity contribution in [2.24, 2.45) is 0 Å². The van der Waals surface area contributed by atoms with Gasteiger partial charge in [-0.15, -0.1) is 0 Å². The molecule has 0 aliphatic carbocycles. The first-order valence-electron chi connectivity index (χ1n) is 8.19. The third-order valence-corrected chi connectivity index (χ3v) is 2.94. The first-order valence-corrected chi connectivity index (χ1v) is 8.19. The minimum absolute atomic E-state index is 0. The van der Waals surface area contributed by atoms with Crippen molar-refractivity contribution < 1.29 is 81.2 Å². The number of Topliss-reactive ketones (excluding diaryl/α,β-unsaturated/α-hetero) is 3. The Morgan fingerprint density at radius 1 is 0.588 bits per heavy atom.